The highest BCUT2D eigenvalue weighted by Crippen LogP contribution is 2.19. The third-order valence-electron chi connectivity index (χ3n) is 2.25. The molecule has 0 fully saturated rings. The van der Waals surface area contributed by atoms with E-state index in [9.17, 15) is 4.79 Å². The molecule has 0 radical (unpaired) electrons. The van der Waals surface area contributed by atoms with Crippen LogP contribution in [0.15, 0.2) is 29.1 Å². The molecule has 0 spiro atoms. The minimum atomic E-state index is -0.441. The fraction of sp³-hybridized carbons (Fsp3) is 0.0909. The quantitative estimate of drug-likeness (QED) is 0.741. The van der Waals surface area contributed by atoms with Crippen LogP contribution in [0.2, 0.25) is 0 Å². The van der Waals surface area contributed by atoms with Crippen LogP contribution in [0.1, 0.15) is 5.56 Å². The molecule has 2 aromatic rings. The second-order valence-electron chi connectivity index (χ2n) is 3.29. The van der Waals surface area contributed by atoms with E-state index < -0.39 is 5.56 Å². The predicted molar refractivity (Wildman–Crippen MR) is 62.4 cm³/mol. The van der Waals surface area contributed by atoms with Gasteiger partial charge in [0.1, 0.15) is 17.6 Å². The molecule has 0 saturated heterocycles. The second-order valence-corrected chi connectivity index (χ2v) is 3.29. The number of anilines is 2. The van der Waals surface area contributed by atoms with E-state index in [1.54, 1.807) is 31.4 Å². The van der Waals surface area contributed by atoms with Crippen LogP contribution in [-0.2, 0) is 0 Å². The van der Waals surface area contributed by atoms with Crippen molar-refractivity contribution in [1.82, 2.24) is 10.2 Å². The van der Waals surface area contributed by atoms with Gasteiger partial charge in [-0.2, -0.15) is 5.26 Å². The van der Waals surface area contributed by atoms with Gasteiger partial charge in [0.05, 0.1) is 7.11 Å². The van der Waals surface area contributed by atoms with Crippen molar-refractivity contribution >= 4 is 11.5 Å². The maximum absolute atomic E-state index is 11.2. The van der Waals surface area contributed by atoms with E-state index in [0.717, 1.165) is 11.4 Å². The monoisotopic (exact) mass is 230 g/mol. The van der Waals surface area contributed by atoms with E-state index in [2.05, 4.69) is 15.5 Å². The highest BCUT2D eigenvalue weighted by Gasteiger charge is 2.08. The summed E-state index contributed by atoms with van der Waals surface area (Å²) in [6.07, 6.45) is 0. The van der Waals surface area contributed by atoms with Crippen molar-refractivity contribution in [2.45, 2.75) is 0 Å². The summed E-state index contributed by atoms with van der Waals surface area (Å²) in [6.45, 7) is 0. The van der Waals surface area contributed by atoms with Gasteiger partial charge in [-0.15, -0.1) is 0 Å². The van der Waals surface area contributed by atoms with Gasteiger partial charge in [0.15, 0.2) is 5.56 Å². The number of benzene rings is 1. The number of nitrogens with zero attached hydrogens (tertiary/aromatic N) is 1. The van der Waals surface area contributed by atoms with Crippen molar-refractivity contribution in [1.29, 1.82) is 5.26 Å². The maximum Gasteiger partial charge on any atom is 0.284 e. The molecule has 1 heterocycles. The molecule has 3 N–H and O–H groups in total. The maximum atomic E-state index is 11.2. The lowest BCUT2D eigenvalue weighted by Gasteiger charge is -2.05. The van der Waals surface area contributed by atoms with Crippen molar-refractivity contribution in [2.75, 3.05) is 12.4 Å². The smallest absolute Gasteiger partial charge is 0.284 e. The molecule has 0 bridgehead atoms. The predicted octanol–water partition coefficient (Wildman–Crippen LogP) is 1.33. The van der Waals surface area contributed by atoms with E-state index in [1.807, 2.05) is 6.07 Å². The van der Waals surface area contributed by atoms with E-state index in [-0.39, 0.29) is 5.56 Å². The molecule has 86 valence electrons. The third kappa shape index (κ3) is 2.13. The Morgan fingerprint density at radius 2 is 2.00 bits per heavy atom. The zero-order chi connectivity index (χ0) is 12.3. The summed E-state index contributed by atoms with van der Waals surface area (Å²) in [5, 5.41) is 16.7. The summed E-state index contributed by atoms with van der Waals surface area (Å²) in [7, 11) is 1.58. The Balaban J connectivity index is 2.26. The molecule has 2 rings (SSSR count). The minimum absolute atomic E-state index is 0.0285. The average molecular weight is 230 g/mol. The van der Waals surface area contributed by atoms with Gasteiger partial charge in [-0.1, -0.05) is 0 Å². The van der Waals surface area contributed by atoms with Crippen molar-refractivity contribution in [3.8, 4) is 11.8 Å². The molecule has 0 unspecified atom stereocenters. The van der Waals surface area contributed by atoms with Crippen molar-refractivity contribution in [3.63, 3.8) is 0 Å². The van der Waals surface area contributed by atoms with Crippen LogP contribution < -0.4 is 15.6 Å². The van der Waals surface area contributed by atoms with Crippen LogP contribution in [0.25, 0.3) is 0 Å². The van der Waals surface area contributed by atoms with Gasteiger partial charge in [-0.3, -0.25) is 15.0 Å². The highest BCUT2D eigenvalue weighted by molar-refractivity contribution is 5.62. The summed E-state index contributed by atoms with van der Waals surface area (Å²) in [5.74, 6) is 1.08. The lowest BCUT2D eigenvalue weighted by Crippen LogP contribution is -2.02. The molecule has 6 heteroatoms. The summed E-state index contributed by atoms with van der Waals surface area (Å²) in [6, 6.07) is 8.94. The average Bonchev–Trinajstić information content (AvgIpc) is 2.71. The second kappa shape index (κ2) is 4.45. The van der Waals surface area contributed by atoms with E-state index in [1.165, 1.54) is 0 Å². The Kier molecular flexibility index (Phi) is 2.83. The topological polar surface area (TPSA) is 93.7 Å². The highest BCUT2D eigenvalue weighted by atomic mass is 16.5. The number of hydrogen-bond donors (Lipinski definition) is 3. The van der Waals surface area contributed by atoms with E-state index in [0.29, 0.717) is 5.82 Å². The first-order valence-corrected chi connectivity index (χ1v) is 4.86. The number of ether oxygens (including phenoxy) is 1. The lowest BCUT2D eigenvalue weighted by atomic mass is 10.3. The van der Waals surface area contributed by atoms with Crippen molar-refractivity contribution in [3.05, 3.63) is 40.2 Å². The first-order valence-electron chi connectivity index (χ1n) is 4.86. The van der Waals surface area contributed by atoms with Crippen molar-refractivity contribution < 1.29 is 4.74 Å². The largest absolute Gasteiger partial charge is 0.497 e. The molecule has 0 aliphatic carbocycles. The van der Waals surface area contributed by atoms with Crippen LogP contribution >= 0.6 is 0 Å². The molecule has 0 amide bonds. The van der Waals surface area contributed by atoms with Crippen LogP contribution in [-0.4, -0.2) is 17.3 Å². The zero-order valence-electron chi connectivity index (χ0n) is 9.07. The summed E-state index contributed by atoms with van der Waals surface area (Å²) >= 11 is 0. The summed E-state index contributed by atoms with van der Waals surface area (Å²) in [5.41, 5.74) is 0.335. The van der Waals surface area contributed by atoms with Gasteiger partial charge >= 0.3 is 0 Å². The van der Waals surface area contributed by atoms with Crippen LogP contribution in [0.4, 0.5) is 11.5 Å². The Morgan fingerprint density at radius 1 is 1.29 bits per heavy atom. The van der Waals surface area contributed by atoms with Crippen LogP contribution in [0, 0.1) is 11.3 Å². The lowest BCUT2D eigenvalue weighted by molar-refractivity contribution is 0.415. The molecular formula is C11H10N4O2. The summed E-state index contributed by atoms with van der Waals surface area (Å²) < 4.78 is 5.02. The normalized spacial score (nSPS) is 9.65. The Labute approximate surface area is 96.8 Å². The fourth-order valence-corrected chi connectivity index (χ4v) is 1.38. The fourth-order valence-electron chi connectivity index (χ4n) is 1.38. The van der Waals surface area contributed by atoms with Crippen LogP contribution in [0.3, 0.4) is 0 Å². The van der Waals surface area contributed by atoms with E-state index >= 15 is 0 Å². The number of methoxy groups -OCH3 is 1. The van der Waals surface area contributed by atoms with Gasteiger partial charge in [-0.05, 0) is 24.3 Å². The summed E-state index contributed by atoms with van der Waals surface area (Å²) in [4.78, 5) is 11.2. The standard InChI is InChI=1S/C11H10N4O2/c1-17-8-4-2-7(3-5-8)13-10-9(6-12)11(16)15-14-10/h2-5H,1H3,(H3,13,14,15,16). The number of aromatic nitrogens is 2. The minimum Gasteiger partial charge on any atom is -0.497 e. The molecule has 6 nitrogen and oxygen atoms in total. The molecule has 0 atom stereocenters. The molecule has 0 saturated carbocycles. The van der Waals surface area contributed by atoms with Gasteiger partial charge in [0.2, 0.25) is 0 Å². The molecule has 0 aliphatic rings. The third-order valence-corrected chi connectivity index (χ3v) is 2.25. The Hall–Kier alpha value is -2.68. The number of nitrogens with one attached hydrogen (secondary N) is 3. The molecular weight excluding hydrogens is 220 g/mol. The zero-order valence-corrected chi connectivity index (χ0v) is 9.07. The SMILES string of the molecule is COc1ccc(Nc2[nH][nH]c(=O)c2C#N)cc1. The molecule has 17 heavy (non-hydrogen) atoms. The Morgan fingerprint density at radius 3 is 2.59 bits per heavy atom. The van der Waals surface area contributed by atoms with Crippen molar-refractivity contribution in [2.24, 2.45) is 0 Å². The first kappa shape index (κ1) is 10.8. The molecule has 0 aliphatic heterocycles. The van der Waals surface area contributed by atoms with Gasteiger partial charge in [-0.25, -0.2) is 0 Å². The van der Waals surface area contributed by atoms with Crippen LogP contribution in [0.5, 0.6) is 5.75 Å². The molecule has 1 aromatic heterocycles. The number of hydrogen-bond acceptors (Lipinski definition) is 4. The van der Waals surface area contributed by atoms with Gasteiger partial charge < -0.3 is 10.1 Å². The Bertz CT molecular complexity index is 604. The number of nitriles is 1. The number of aromatic amines is 2. The van der Waals surface area contributed by atoms with Gasteiger partial charge in [0.25, 0.3) is 5.56 Å². The van der Waals surface area contributed by atoms with E-state index in [4.69, 9.17) is 10.00 Å². The number of H-pyrrole nitrogens is 2. The first-order chi connectivity index (χ1) is 8.24. The molecule has 1 aromatic carbocycles. The number of rotatable bonds is 3. The van der Waals surface area contributed by atoms with Gasteiger partial charge in [0, 0.05) is 5.69 Å².